The summed E-state index contributed by atoms with van der Waals surface area (Å²) in [6.07, 6.45) is 3.44. The van der Waals surface area contributed by atoms with Gasteiger partial charge in [-0.1, -0.05) is 18.2 Å². The molecule has 1 amide bonds. The zero-order chi connectivity index (χ0) is 20.4. The highest BCUT2D eigenvalue weighted by Gasteiger charge is 2.34. The Morgan fingerprint density at radius 2 is 1.83 bits per heavy atom. The number of aryl methyl sites for hydroxylation is 2. The van der Waals surface area contributed by atoms with Crippen LogP contribution >= 0.6 is 11.8 Å². The molecular weight excluding hydrogens is 384 g/mol. The summed E-state index contributed by atoms with van der Waals surface area (Å²) < 4.78 is 5.44. The van der Waals surface area contributed by atoms with Crippen LogP contribution in [0.25, 0.3) is 6.08 Å². The Labute approximate surface area is 173 Å². The number of phenols is 1. The second-order valence-electron chi connectivity index (χ2n) is 6.81. The lowest BCUT2D eigenvalue weighted by Gasteiger charge is -2.13. The molecule has 0 spiro atoms. The molecule has 0 aliphatic carbocycles. The van der Waals surface area contributed by atoms with Gasteiger partial charge in [0.25, 0.3) is 5.91 Å². The molecule has 1 N–H and O–H groups in total. The highest BCUT2D eigenvalue weighted by Crippen LogP contribution is 2.36. The predicted octanol–water partition coefficient (Wildman–Crippen LogP) is 5.41. The lowest BCUT2D eigenvalue weighted by molar-refractivity contribution is -0.122. The predicted molar refractivity (Wildman–Crippen MR) is 116 cm³/mol. The van der Waals surface area contributed by atoms with Crippen LogP contribution in [0.4, 0.5) is 5.69 Å². The number of aliphatic imine (C=N–C) groups is 1. The molecule has 1 aliphatic rings. The maximum absolute atomic E-state index is 13.1. The minimum atomic E-state index is -0.121. The highest BCUT2D eigenvalue weighted by atomic mass is 32.2. The third-order valence-electron chi connectivity index (χ3n) is 4.57. The molecule has 1 saturated heterocycles. The van der Waals surface area contributed by atoms with Gasteiger partial charge in [0.15, 0.2) is 5.17 Å². The van der Waals surface area contributed by atoms with E-state index in [0.29, 0.717) is 22.4 Å². The Kier molecular flexibility index (Phi) is 5.27. The first kappa shape index (κ1) is 19.1. The zero-order valence-corrected chi connectivity index (χ0v) is 16.9. The molecule has 2 aromatic carbocycles. The smallest absolute Gasteiger partial charge is 0.267 e. The SMILES string of the molecule is Cc1cc(/C=C2\SC(=Nc3ccccc3)N(Cc3ccco3)C2=O)cc(C)c1O. The van der Waals surface area contributed by atoms with Crippen molar-refractivity contribution in [3.63, 3.8) is 0 Å². The van der Waals surface area contributed by atoms with Crippen molar-refractivity contribution in [2.24, 2.45) is 4.99 Å². The first-order chi connectivity index (χ1) is 14.0. The number of rotatable bonds is 4. The van der Waals surface area contributed by atoms with Crippen LogP contribution in [0, 0.1) is 13.8 Å². The molecular formula is C23H20N2O3S. The summed E-state index contributed by atoms with van der Waals surface area (Å²) in [4.78, 5) is 20.0. The largest absolute Gasteiger partial charge is 0.507 e. The topological polar surface area (TPSA) is 66.0 Å². The fourth-order valence-corrected chi connectivity index (χ4v) is 4.12. The average Bonchev–Trinajstić information content (AvgIpc) is 3.31. The van der Waals surface area contributed by atoms with Gasteiger partial charge in [-0.05, 0) is 84.8 Å². The molecule has 146 valence electrons. The number of amides is 1. The number of hydrogen-bond acceptors (Lipinski definition) is 5. The Hall–Kier alpha value is -3.25. The van der Waals surface area contributed by atoms with Gasteiger partial charge in [-0.15, -0.1) is 0 Å². The van der Waals surface area contributed by atoms with Crippen molar-refractivity contribution in [3.05, 3.63) is 88.2 Å². The van der Waals surface area contributed by atoms with Crippen LogP contribution in [0.3, 0.4) is 0 Å². The summed E-state index contributed by atoms with van der Waals surface area (Å²) >= 11 is 1.34. The molecule has 0 atom stereocenters. The van der Waals surface area contributed by atoms with Crippen LogP contribution < -0.4 is 0 Å². The summed E-state index contributed by atoms with van der Waals surface area (Å²) in [7, 11) is 0. The first-order valence-electron chi connectivity index (χ1n) is 9.19. The van der Waals surface area contributed by atoms with E-state index in [4.69, 9.17) is 4.42 Å². The van der Waals surface area contributed by atoms with E-state index in [1.807, 2.05) is 68.5 Å². The monoisotopic (exact) mass is 404 g/mol. The quantitative estimate of drug-likeness (QED) is 0.591. The Bertz CT molecular complexity index is 1080. The first-order valence-corrected chi connectivity index (χ1v) is 10.0. The highest BCUT2D eigenvalue weighted by molar-refractivity contribution is 8.18. The van der Waals surface area contributed by atoms with Gasteiger partial charge in [-0.25, -0.2) is 4.99 Å². The minimum absolute atomic E-state index is 0.121. The molecule has 2 heterocycles. The van der Waals surface area contributed by atoms with Crippen molar-refractivity contribution in [2.75, 3.05) is 0 Å². The van der Waals surface area contributed by atoms with E-state index in [1.54, 1.807) is 17.2 Å². The summed E-state index contributed by atoms with van der Waals surface area (Å²) in [5, 5.41) is 10.6. The maximum atomic E-state index is 13.1. The molecule has 6 heteroatoms. The molecule has 0 bridgehead atoms. The summed E-state index contributed by atoms with van der Waals surface area (Å²) in [5.74, 6) is 0.852. The van der Waals surface area contributed by atoms with Crippen molar-refractivity contribution >= 4 is 34.6 Å². The van der Waals surface area contributed by atoms with Gasteiger partial charge in [0.1, 0.15) is 11.5 Å². The Morgan fingerprint density at radius 3 is 2.48 bits per heavy atom. The van der Waals surface area contributed by atoms with Crippen molar-refractivity contribution in [2.45, 2.75) is 20.4 Å². The van der Waals surface area contributed by atoms with E-state index in [1.165, 1.54) is 11.8 Å². The molecule has 0 saturated carbocycles. The van der Waals surface area contributed by atoms with Gasteiger partial charge in [-0.3, -0.25) is 9.69 Å². The van der Waals surface area contributed by atoms with Crippen LogP contribution in [0.1, 0.15) is 22.5 Å². The number of furan rings is 1. The second kappa shape index (κ2) is 8.01. The lowest BCUT2D eigenvalue weighted by atomic mass is 10.1. The van der Waals surface area contributed by atoms with Crippen LogP contribution in [0.15, 0.2) is 75.2 Å². The van der Waals surface area contributed by atoms with Crippen LogP contribution in [-0.4, -0.2) is 21.1 Å². The number of carbonyl (C=O) groups excluding carboxylic acids is 1. The Balaban J connectivity index is 1.71. The summed E-state index contributed by atoms with van der Waals surface area (Å²) in [5.41, 5.74) is 3.20. The number of benzene rings is 2. The number of hydrogen-bond donors (Lipinski definition) is 1. The van der Waals surface area contributed by atoms with Crippen molar-refractivity contribution < 1.29 is 14.3 Å². The van der Waals surface area contributed by atoms with Crippen molar-refractivity contribution in [3.8, 4) is 5.75 Å². The second-order valence-corrected chi connectivity index (χ2v) is 7.82. The maximum Gasteiger partial charge on any atom is 0.267 e. The summed E-state index contributed by atoms with van der Waals surface area (Å²) in [6.45, 7) is 4.01. The van der Waals surface area contributed by atoms with Crippen LogP contribution in [0.2, 0.25) is 0 Å². The number of amidine groups is 1. The normalized spacial score (nSPS) is 16.9. The molecule has 0 radical (unpaired) electrons. The van der Waals surface area contributed by atoms with E-state index in [9.17, 15) is 9.90 Å². The molecule has 1 aromatic heterocycles. The number of carbonyl (C=O) groups is 1. The van der Waals surface area contributed by atoms with Gasteiger partial charge in [0, 0.05) is 0 Å². The van der Waals surface area contributed by atoms with Gasteiger partial charge >= 0.3 is 0 Å². The number of phenolic OH excluding ortho intramolecular Hbond substituents is 1. The van der Waals surface area contributed by atoms with Gasteiger partial charge in [0.05, 0.1) is 23.4 Å². The molecule has 1 aliphatic heterocycles. The number of para-hydroxylation sites is 1. The molecule has 1 fully saturated rings. The number of thioether (sulfide) groups is 1. The van der Waals surface area contributed by atoms with Crippen molar-refractivity contribution in [1.82, 2.24) is 4.90 Å². The van der Waals surface area contributed by atoms with E-state index in [2.05, 4.69) is 4.99 Å². The fourth-order valence-electron chi connectivity index (χ4n) is 3.13. The van der Waals surface area contributed by atoms with E-state index in [0.717, 1.165) is 22.4 Å². The third kappa shape index (κ3) is 4.12. The molecule has 3 aromatic rings. The van der Waals surface area contributed by atoms with E-state index in [-0.39, 0.29) is 11.7 Å². The molecule has 5 nitrogen and oxygen atoms in total. The van der Waals surface area contributed by atoms with Gasteiger partial charge in [-0.2, -0.15) is 0 Å². The number of nitrogens with zero attached hydrogens (tertiary/aromatic N) is 2. The van der Waals surface area contributed by atoms with Crippen LogP contribution in [0.5, 0.6) is 5.75 Å². The molecule has 0 unspecified atom stereocenters. The van der Waals surface area contributed by atoms with Gasteiger partial charge in [0.2, 0.25) is 0 Å². The average molecular weight is 404 g/mol. The fraction of sp³-hybridized carbons (Fsp3) is 0.130. The third-order valence-corrected chi connectivity index (χ3v) is 5.58. The van der Waals surface area contributed by atoms with Crippen LogP contribution in [-0.2, 0) is 11.3 Å². The van der Waals surface area contributed by atoms with E-state index < -0.39 is 0 Å². The minimum Gasteiger partial charge on any atom is -0.507 e. The van der Waals surface area contributed by atoms with Gasteiger partial charge < -0.3 is 9.52 Å². The molecule has 4 rings (SSSR count). The Morgan fingerprint density at radius 1 is 1.10 bits per heavy atom. The summed E-state index contributed by atoms with van der Waals surface area (Å²) in [6, 6.07) is 16.9. The standard InChI is InChI=1S/C23H20N2O3S/c1-15-11-17(12-16(2)21(15)26)13-20-22(27)25(14-19-9-6-10-28-19)23(29-20)24-18-7-4-3-5-8-18/h3-13,26H,14H2,1-2H3/b20-13-,24-23?. The van der Waals surface area contributed by atoms with Crippen molar-refractivity contribution in [1.29, 1.82) is 0 Å². The lowest BCUT2D eigenvalue weighted by Crippen LogP contribution is -2.28. The number of aromatic hydroxyl groups is 1. The molecule has 29 heavy (non-hydrogen) atoms. The zero-order valence-electron chi connectivity index (χ0n) is 16.1. The van der Waals surface area contributed by atoms with E-state index >= 15 is 0 Å².